The van der Waals surface area contributed by atoms with Gasteiger partial charge in [-0.3, -0.25) is 9.78 Å². The molecule has 180 valence electrons. The first kappa shape index (κ1) is 25.8. The Morgan fingerprint density at radius 1 is 1.21 bits per heavy atom. The summed E-state index contributed by atoms with van der Waals surface area (Å²) in [6, 6.07) is 10.8. The van der Waals surface area contributed by atoms with Crippen molar-refractivity contribution >= 4 is 32.1 Å². The summed E-state index contributed by atoms with van der Waals surface area (Å²) in [5.74, 6) is -1.17. The molecular formula is C24H32BrN3O4S. The molecule has 2 heterocycles. The van der Waals surface area contributed by atoms with Crippen LogP contribution in [0.25, 0.3) is 0 Å². The number of aliphatic carboxylic acids is 1. The molecule has 0 spiro atoms. The number of halogens is 1. The SMILES string of the molecule is CC(C)[C@H](C(=O)O)N(CCCc1cccnc1)S(=O)(=O)N1CCC(c2ccc(Br)cc2)CC1. The maximum absolute atomic E-state index is 13.6. The number of carboxylic acid groups (broad SMARTS) is 1. The number of rotatable bonds is 10. The summed E-state index contributed by atoms with van der Waals surface area (Å²) in [6.07, 6.45) is 6.03. The molecule has 1 aromatic heterocycles. The highest BCUT2D eigenvalue weighted by Crippen LogP contribution is 2.31. The number of carbonyl (C=O) groups is 1. The zero-order valence-corrected chi connectivity index (χ0v) is 21.5. The van der Waals surface area contributed by atoms with Gasteiger partial charge in [0, 0.05) is 36.5 Å². The van der Waals surface area contributed by atoms with Crippen LogP contribution >= 0.6 is 15.9 Å². The molecule has 1 aliphatic heterocycles. The van der Waals surface area contributed by atoms with Crippen molar-refractivity contribution in [3.8, 4) is 0 Å². The van der Waals surface area contributed by atoms with E-state index in [0.717, 1.165) is 10.0 Å². The average molecular weight is 539 g/mol. The minimum Gasteiger partial charge on any atom is -0.480 e. The quantitative estimate of drug-likeness (QED) is 0.487. The molecule has 0 saturated carbocycles. The number of aryl methyl sites for hydroxylation is 1. The summed E-state index contributed by atoms with van der Waals surface area (Å²) in [5.41, 5.74) is 2.20. The van der Waals surface area contributed by atoms with E-state index in [-0.39, 0.29) is 12.5 Å². The van der Waals surface area contributed by atoms with Crippen molar-refractivity contribution < 1.29 is 18.3 Å². The van der Waals surface area contributed by atoms with Crippen molar-refractivity contribution in [1.29, 1.82) is 0 Å². The Balaban J connectivity index is 1.73. The van der Waals surface area contributed by atoms with E-state index < -0.39 is 22.2 Å². The van der Waals surface area contributed by atoms with Crippen molar-refractivity contribution in [1.82, 2.24) is 13.6 Å². The lowest BCUT2D eigenvalue weighted by molar-refractivity contribution is -0.143. The van der Waals surface area contributed by atoms with Gasteiger partial charge in [-0.05, 0) is 66.8 Å². The maximum Gasteiger partial charge on any atom is 0.322 e. The lowest BCUT2D eigenvalue weighted by Gasteiger charge is -2.38. The van der Waals surface area contributed by atoms with E-state index in [4.69, 9.17) is 0 Å². The van der Waals surface area contributed by atoms with Crippen LogP contribution in [0.4, 0.5) is 0 Å². The Bertz CT molecular complexity index is 1010. The van der Waals surface area contributed by atoms with Gasteiger partial charge in [0.2, 0.25) is 0 Å². The standard InChI is InChI=1S/C24H32BrN3O4S/c1-18(2)23(24(29)30)28(14-4-6-19-5-3-13-26-17-19)33(31,32)27-15-11-21(12-16-27)20-7-9-22(25)10-8-20/h3,5,7-10,13,17-18,21,23H,4,6,11-12,14-16H2,1-2H3,(H,29,30)/t23-/m1/s1. The van der Waals surface area contributed by atoms with E-state index >= 15 is 0 Å². The predicted molar refractivity (Wildman–Crippen MR) is 132 cm³/mol. The second-order valence-electron chi connectivity index (χ2n) is 8.84. The summed E-state index contributed by atoms with van der Waals surface area (Å²) in [6.45, 7) is 4.42. The van der Waals surface area contributed by atoms with E-state index in [0.29, 0.717) is 44.7 Å². The lowest BCUT2D eigenvalue weighted by atomic mass is 9.90. The average Bonchev–Trinajstić information content (AvgIpc) is 2.79. The van der Waals surface area contributed by atoms with E-state index in [1.165, 1.54) is 14.2 Å². The van der Waals surface area contributed by atoms with E-state index in [9.17, 15) is 18.3 Å². The monoisotopic (exact) mass is 537 g/mol. The number of piperidine rings is 1. The fourth-order valence-corrected chi connectivity index (χ4v) is 6.64. The number of benzene rings is 1. The molecule has 0 aliphatic carbocycles. The smallest absolute Gasteiger partial charge is 0.322 e. The fourth-order valence-electron chi connectivity index (χ4n) is 4.43. The van der Waals surface area contributed by atoms with Crippen LogP contribution in [0, 0.1) is 5.92 Å². The van der Waals surface area contributed by atoms with Gasteiger partial charge in [0.25, 0.3) is 10.2 Å². The second-order valence-corrected chi connectivity index (χ2v) is 11.6. The minimum atomic E-state index is -3.92. The van der Waals surface area contributed by atoms with Crippen molar-refractivity contribution in [2.24, 2.45) is 5.92 Å². The highest BCUT2D eigenvalue weighted by molar-refractivity contribution is 9.10. The molecule has 1 atom stereocenters. The van der Waals surface area contributed by atoms with Crippen LogP contribution in [0.3, 0.4) is 0 Å². The summed E-state index contributed by atoms with van der Waals surface area (Å²) >= 11 is 3.45. The van der Waals surface area contributed by atoms with Gasteiger partial charge in [-0.1, -0.05) is 48.0 Å². The number of nitrogens with zero attached hydrogens (tertiary/aromatic N) is 3. The first-order valence-corrected chi connectivity index (χ1v) is 13.5. The molecule has 0 radical (unpaired) electrons. The first-order chi connectivity index (χ1) is 15.7. The Morgan fingerprint density at radius 3 is 2.42 bits per heavy atom. The third-order valence-electron chi connectivity index (χ3n) is 6.18. The molecule has 1 fully saturated rings. The van der Waals surface area contributed by atoms with Gasteiger partial charge >= 0.3 is 5.97 Å². The number of aromatic nitrogens is 1. The number of carboxylic acids is 1. The van der Waals surface area contributed by atoms with Gasteiger partial charge in [0.15, 0.2) is 0 Å². The van der Waals surface area contributed by atoms with Gasteiger partial charge in [0.1, 0.15) is 6.04 Å². The van der Waals surface area contributed by atoms with E-state index in [1.54, 1.807) is 26.2 Å². The molecule has 33 heavy (non-hydrogen) atoms. The van der Waals surface area contributed by atoms with Crippen molar-refractivity contribution in [2.75, 3.05) is 19.6 Å². The van der Waals surface area contributed by atoms with Crippen LogP contribution in [0.1, 0.15) is 50.2 Å². The van der Waals surface area contributed by atoms with Crippen LogP contribution in [0.5, 0.6) is 0 Å². The number of hydrogen-bond donors (Lipinski definition) is 1. The molecule has 9 heteroatoms. The Hall–Kier alpha value is -1.81. The molecule has 2 aromatic rings. The summed E-state index contributed by atoms with van der Waals surface area (Å²) < 4.78 is 31.0. The van der Waals surface area contributed by atoms with E-state index in [1.807, 2.05) is 24.3 Å². The first-order valence-electron chi connectivity index (χ1n) is 11.3. The molecule has 1 aliphatic rings. The Labute approximate surface area is 205 Å². The van der Waals surface area contributed by atoms with Crippen LogP contribution in [-0.4, -0.2) is 58.8 Å². The third-order valence-corrected chi connectivity index (χ3v) is 8.73. The molecular weight excluding hydrogens is 506 g/mol. The van der Waals surface area contributed by atoms with Crippen LogP contribution in [0.15, 0.2) is 53.3 Å². The van der Waals surface area contributed by atoms with Gasteiger partial charge < -0.3 is 5.11 Å². The molecule has 1 saturated heterocycles. The molecule has 0 unspecified atom stereocenters. The topological polar surface area (TPSA) is 90.8 Å². The zero-order chi connectivity index (χ0) is 24.0. The predicted octanol–water partition coefficient (Wildman–Crippen LogP) is 4.31. The maximum atomic E-state index is 13.6. The van der Waals surface area contributed by atoms with Crippen molar-refractivity contribution in [2.45, 2.75) is 51.5 Å². The molecule has 3 rings (SSSR count). The van der Waals surface area contributed by atoms with Crippen molar-refractivity contribution in [3.63, 3.8) is 0 Å². The Kier molecular flexibility index (Phi) is 9.03. The van der Waals surface area contributed by atoms with Gasteiger partial charge in [0.05, 0.1) is 0 Å². The number of pyridine rings is 1. The van der Waals surface area contributed by atoms with Gasteiger partial charge in [-0.2, -0.15) is 17.0 Å². The Morgan fingerprint density at radius 2 is 1.88 bits per heavy atom. The van der Waals surface area contributed by atoms with Gasteiger partial charge in [-0.15, -0.1) is 0 Å². The molecule has 1 aromatic carbocycles. The zero-order valence-electron chi connectivity index (χ0n) is 19.1. The lowest BCUT2D eigenvalue weighted by Crippen LogP contribution is -2.55. The van der Waals surface area contributed by atoms with E-state index in [2.05, 4.69) is 33.0 Å². The van der Waals surface area contributed by atoms with Crippen molar-refractivity contribution in [3.05, 3.63) is 64.4 Å². The van der Waals surface area contributed by atoms with Crippen LogP contribution in [-0.2, 0) is 21.4 Å². The van der Waals surface area contributed by atoms with Gasteiger partial charge in [-0.25, -0.2) is 0 Å². The molecule has 0 bridgehead atoms. The largest absolute Gasteiger partial charge is 0.480 e. The highest BCUT2D eigenvalue weighted by atomic mass is 79.9. The molecule has 1 N–H and O–H groups in total. The summed E-state index contributed by atoms with van der Waals surface area (Å²) in [5, 5.41) is 9.87. The fraction of sp³-hybridized carbons (Fsp3) is 0.500. The minimum absolute atomic E-state index is 0.152. The number of hydrogen-bond acceptors (Lipinski definition) is 4. The molecule has 7 nitrogen and oxygen atoms in total. The highest BCUT2D eigenvalue weighted by Gasteiger charge is 2.41. The summed E-state index contributed by atoms with van der Waals surface area (Å²) in [4.78, 5) is 16.2. The van der Waals surface area contributed by atoms with Crippen LogP contribution in [0.2, 0.25) is 0 Å². The third kappa shape index (κ3) is 6.62. The van der Waals surface area contributed by atoms with Crippen LogP contribution < -0.4 is 0 Å². The second kappa shape index (κ2) is 11.6. The summed E-state index contributed by atoms with van der Waals surface area (Å²) in [7, 11) is -3.92. The normalized spacial score (nSPS) is 16.9. The molecule has 0 amide bonds.